The van der Waals surface area contributed by atoms with Gasteiger partial charge in [-0.05, 0) is 0 Å². The smallest absolute Gasteiger partial charge is 0.326 e. The van der Waals surface area contributed by atoms with E-state index in [4.69, 9.17) is 5.11 Å². The Kier molecular flexibility index (Phi) is 4.20. The van der Waals surface area contributed by atoms with Gasteiger partial charge >= 0.3 is 12.4 Å². The van der Waals surface area contributed by atoms with Gasteiger partial charge < -0.3 is 10.4 Å². The molecule has 0 fully saturated rings. The molecule has 1 radical (unpaired) electrons. The van der Waals surface area contributed by atoms with Crippen molar-refractivity contribution in [3.05, 3.63) is 35.9 Å². The summed E-state index contributed by atoms with van der Waals surface area (Å²) in [5.74, 6) is -1.59. The molecule has 1 amide bonds. The maximum atomic E-state index is 11.6. The van der Waals surface area contributed by atoms with E-state index in [0.717, 1.165) is 0 Å². The Bertz CT molecular complexity index is 388. The molecule has 83 valence electrons. The number of benzene rings is 1. The second kappa shape index (κ2) is 5.65. The number of aliphatic carboxylic acids is 1. The summed E-state index contributed by atoms with van der Waals surface area (Å²) in [6.45, 7) is 0. The van der Waals surface area contributed by atoms with Crippen LogP contribution in [-0.4, -0.2) is 29.3 Å². The Morgan fingerprint density at radius 1 is 1.31 bits per heavy atom. The highest BCUT2D eigenvalue weighted by atomic mass is 16.4. The third-order valence-electron chi connectivity index (χ3n) is 2.02. The van der Waals surface area contributed by atoms with E-state index in [9.17, 15) is 14.4 Å². The average Bonchev–Trinajstić information content (AvgIpc) is 2.29. The van der Waals surface area contributed by atoms with Crippen LogP contribution in [0.4, 0.5) is 0 Å². The second-order valence-electron chi connectivity index (χ2n) is 3.13. The van der Waals surface area contributed by atoms with E-state index < -0.39 is 12.0 Å². The monoisotopic (exact) mass is 220 g/mol. The van der Waals surface area contributed by atoms with Gasteiger partial charge in [-0.1, -0.05) is 30.3 Å². The molecule has 1 aromatic rings. The van der Waals surface area contributed by atoms with Crippen molar-refractivity contribution in [1.82, 2.24) is 5.32 Å². The van der Waals surface area contributed by atoms with Crippen LogP contribution >= 0.6 is 0 Å². The van der Waals surface area contributed by atoms with Crippen molar-refractivity contribution in [2.24, 2.45) is 0 Å². The molecule has 16 heavy (non-hydrogen) atoms. The van der Waals surface area contributed by atoms with Crippen LogP contribution in [0.2, 0.25) is 0 Å². The lowest BCUT2D eigenvalue weighted by Gasteiger charge is -2.09. The highest BCUT2D eigenvalue weighted by molar-refractivity contribution is 5.99. The molecule has 0 heterocycles. The number of carboxylic acid groups (broad SMARTS) is 1. The van der Waals surface area contributed by atoms with Crippen LogP contribution in [0.1, 0.15) is 16.8 Å². The van der Waals surface area contributed by atoms with Crippen LogP contribution in [0, 0.1) is 0 Å². The van der Waals surface area contributed by atoms with Gasteiger partial charge in [0, 0.05) is 12.0 Å². The number of carbonyl (C=O) groups excluding carboxylic acids is 2. The van der Waals surface area contributed by atoms with Gasteiger partial charge in [-0.25, -0.2) is 4.79 Å². The van der Waals surface area contributed by atoms with E-state index in [0.29, 0.717) is 5.56 Å². The largest absolute Gasteiger partial charge is 0.480 e. The third-order valence-corrected chi connectivity index (χ3v) is 2.02. The van der Waals surface area contributed by atoms with Crippen molar-refractivity contribution in [3.8, 4) is 0 Å². The van der Waals surface area contributed by atoms with Gasteiger partial charge in [0.05, 0.1) is 0 Å². The zero-order chi connectivity index (χ0) is 12.0. The predicted octanol–water partition coefficient (Wildman–Crippen LogP) is 0.369. The maximum absolute atomic E-state index is 11.6. The number of rotatable bonds is 6. The van der Waals surface area contributed by atoms with Crippen LogP contribution < -0.4 is 5.32 Å². The molecule has 0 saturated heterocycles. The highest BCUT2D eigenvalue weighted by Gasteiger charge is 2.21. The van der Waals surface area contributed by atoms with Crippen molar-refractivity contribution >= 4 is 18.2 Å². The van der Waals surface area contributed by atoms with Gasteiger partial charge in [0.15, 0.2) is 5.78 Å². The molecule has 0 aliphatic heterocycles. The molecule has 0 bridgehead atoms. The summed E-state index contributed by atoms with van der Waals surface area (Å²) >= 11 is 0. The minimum absolute atomic E-state index is 0.283. The van der Waals surface area contributed by atoms with Gasteiger partial charge in [0.25, 0.3) is 0 Å². The van der Waals surface area contributed by atoms with Crippen LogP contribution in [0.25, 0.3) is 0 Å². The van der Waals surface area contributed by atoms with E-state index in [1.54, 1.807) is 30.3 Å². The molecule has 0 spiro atoms. The quantitative estimate of drug-likeness (QED) is 0.536. The van der Waals surface area contributed by atoms with Crippen molar-refractivity contribution < 1.29 is 19.5 Å². The van der Waals surface area contributed by atoms with Gasteiger partial charge in [0.1, 0.15) is 6.04 Å². The predicted molar refractivity (Wildman–Crippen MR) is 55.6 cm³/mol. The van der Waals surface area contributed by atoms with Crippen molar-refractivity contribution in [3.63, 3.8) is 0 Å². The number of carbonyl (C=O) groups is 2. The molecule has 5 nitrogen and oxygen atoms in total. The summed E-state index contributed by atoms with van der Waals surface area (Å²) in [7, 11) is 0. The Morgan fingerprint density at radius 2 is 1.94 bits per heavy atom. The first-order valence-electron chi connectivity index (χ1n) is 4.59. The normalized spacial score (nSPS) is 11.5. The number of hydrogen-bond donors (Lipinski definition) is 2. The zero-order valence-electron chi connectivity index (χ0n) is 8.34. The van der Waals surface area contributed by atoms with Gasteiger partial charge in [-0.2, -0.15) is 0 Å². The van der Waals surface area contributed by atoms with Crippen LogP contribution in [-0.2, 0) is 9.59 Å². The number of Topliss-reactive ketones (excluding diaryl/α,β-unsaturated/α-hetero) is 1. The summed E-state index contributed by atoms with van der Waals surface area (Å²) in [5.41, 5.74) is 0.418. The fourth-order valence-corrected chi connectivity index (χ4v) is 1.20. The van der Waals surface area contributed by atoms with Crippen LogP contribution in [0.15, 0.2) is 30.3 Å². The van der Waals surface area contributed by atoms with Gasteiger partial charge in [0.2, 0.25) is 0 Å². The van der Waals surface area contributed by atoms with Crippen molar-refractivity contribution in [2.75, 3.05) is 0 Å². The molecule has 1 rings (SSSR count). The topological polar surface area (TPSA) is 83.5 Å². The molecule has 0 aliphatic carbocycles. The Labute approximate surface area is 92.1 Å². The lowest BCUT2D eigenvalue weighted by Crippen LogP contribution is -2.37. The van der Waals surface area contributed by atoms with Crippen LogP contribution in [0.3, 0.4) is 0 Å². The highest BCUT2D eigenvalue weighted by Crippen LogP contribution is 2.05. The summed E-state index contributed by atoms with van der Waals surface area (Å²) in [6, 6.07) is 7.07. The van der Waals surface area contributed by atoms with Crippen LogP contribution in [0.5, 0.6) is 0 Å². The SMILES string of the molecule is O=[C]NC(CC(=O)c1ccccc1)C(=O)O. The summed E-state index contributed by atoms with van der Waals surface area (Å²) in [5, 5.41) is 10.7. The Hall–Kier alpha value is -2.17. The number of carboxylic acids is 1. The fourth-order valence-electron chi connectivity index (χ4n) is 1.20. The third kappa shape index (κ3) is 3.20. The molecule has 1 atom stereocenters. The molecule has 0 aromatic heterocycles. The molecular weight excluding hydrogens is 210 g/mol. The minimum Gasteiger partial charge on any atom is -0.480 e. The molecule has 5 heteroatoms. The Morgan fingerprint density at radius 3 is 2.44 bits per heavy atom. The maximum Gasteiger partial charge on any atom is 0.326 e. The number of nitrogens with one attached hydrogen (secondary N) is 1. The zero-order valence-corrected chi connectivity index (χ0v) is 8.34. The number of amides is 1. The van der Waals surface area contributed by atoms with E-state index in [2.05, 4.69) is 0 Å². The molecule has 1 aromatic carbocycles. The first-order chi connectivity index (χ1) is 7.65. The molecular formula is C11H10NO4. The van der Waals surface area contributed by atoms with E-state index in [-0.39, 0.29) is 12.2 Å². The van der Waals surface area contributed by atoms with E-state index in [1.807, 2.05) is 5.32 Å². The lowest BCUT2D eigenvalue weighted by atomic mass is 10.0. The standard InChI is InChI=1S/C11H10NO4/c13-7-12-9(11(15)16)6-10(14)8-4-2-1-3-5-8/h1-5,9H,6H2,(H,12,13)(H,15,16). The second-order valence-corrected chi connectivity index (χ2v) is 3.13. The first kappa shape index (κ1) is 11.9. The minimum atomic E-state index is -1.26. The number of ketones is 1. The lowest BCUT2D eigenvalue weighted by molar-refractivity contribution is -0.139. The van der Waals surface area contributed by atoms with Gasteiger partial charge in [-0.15, -0.1) is 0 Å². The van der Waals surface area contributed by atoms with E-state index in [1.165, 1.54) is 6.41 Å². The molecule has 0 aliphatic rings. The van der Waals surface area contributed by atoms with Gasteiger partial charge in [-0.3, -0.25) is 9.59 Å². The fraction of sp³-hybridized carbons (Fsp3) is 0.182. The number of hydrogen-bond acceptors (Lipinski definition) is 3. The molecule has 2 N–H and O–H groups in total. The Balaban J connectivity index is 2.69. The van der Waals surface area contributed by atoms with Crippen molar-refractivity contribution in [2.45, 2.75) is 12.5 Å². The summed E-state index contributed by atoms with van der Waals surface area (Å²) in [6.07, 6.45) is 0.990. The summed E-state index contributed by atoms with van der Waals surface area (Å²) < 4.78 is 0. The average molecular weight is 220 g/mol. The first-order valence-corrected chi connectivity index (χ1v) is 4.59. The molecule has 1 unspecified atom stereocenters. The van der Waals surface area contributed by atoms with Crippen molar-refractivity contribution in [1.29, 1.82) is 0 Å². The summed E-state index contributed by atoms with van der Waals surface area (Å²) in [4.78, 5) is 32.3. The van der Waals surface area contributed by atoms with E-state index >= 15 is 0 Å². The molecule has 0 saturated carbocycles.